The van der Waals surface area contributed by atoms with Crippen LogP contribution < -0.4 is 5.32 Å². The van der Waals surface area contributed by atoms with Crippen LogP contribution in [-0.2, 0) is 6.42 Å². The van der Waals surface area contributed by atoms with E-state index in [-0.39, 0.29) is 5.78 Å². The number of aryl methyl sites for hydroxylation is 3. The summed E-state index contributed by atoms with van der Waals surface area (Å²) in [6.07, 6.45) is 1.74. The number of carbonyl (C=O) groups is 1. The van der Waals surface area contributed by atoms with Crippen LogP contribution in [0.3, 0.4) is 0 Å². The highest BCUT2D eigenvalue weighted by molar-refractivity contribution is 6.11. The van der Waals surface area contributed by atoms with Gasteiger partial charge in [0.05, 0.1) is 0 Å². The minimum absolute atomic E-state index is 0.165. The molecule has 2 aromatic carbocycles. The van der Waals surface area contributed by atoms with Crippen molar-refractivity contribution in [3.8, 4) is 0 Å². The molecule has 1 aliphatic rings. The van der Waals surface area contributed by atoms with Crippen LogP contribution >= 0.6 is 0 Å². The van der Waals surface area contributed by atoms with Gasteiger partial charge in [0.25, 0.3) is 0 Å². The molecule has 3 rings (SSSR count). The van der Waals surface area contributed by atoms with Gasteiger partial charge in [-0.05, 0) is 50.3 Å². The number of rotatable bonds is 2. The third-order valence-electron chi connectivity index (χ3n) is 4.43. The Morgan fingerprint density at radius 1 is 0.955 bits per heavy atom. The van der Waals surface area contributed by atoms with Crippen LogP contribution in [0.4, 0.5) is 5.69 Å². The maximum Gasteiger partial charge on any atom is 0.191 e. The van der Waals surface area contributed by atoms with E-state index in [9.17, 15) is 4.79 Å². The summed E-state index contributed by atoms with van der Waals surface area (Å²) in [5.41, 5.74) is 7.40. The number of nitrogens with one attached hydrogen (secondary N) is 1. The molecule has 2 heteroatoms. The van der Waals surface area contributed by atoms with E-state index in [1.165, 1.54) is 11.1 Å². The third kappa shape index (κ3) is 2.57. The van der Waals surface area contributed by atoms with E-state index in [0.29, 0.717) is 0 Å². The Bertz CT molecular complexity index is 751. The highest BCUT2D eigenvalue weighted by Crippen LogP contribution is 2.29. The number of hydrogen-bond donors (Lipinski definition) is 1. The van der Waals surface area contributed by atoms with Crippen LogP contribution in [0.5, 0.6) is 0 Å². The van der Waals surface area contributed by atoms with E-state index < -0.39 is 0 Å². The minimum atomic E-state index is 0.165. The SMILES string of the molecule is C/C(Nc1c(C)cccc1C)=C1/CCc2ccccc2C1=O. The summed E-state index contributed by atoms with van der Waals surface area (Å²) in [6.45, 7) is 6.18. The van der Waals surface area contributed by atoms with E-state index in [2.05, 4.69) is 43.4 Å². The molecule has 0 amide bonds. The molecule has 0 radical (unpaired) electrons. The number of fused-ring (bicyclic) bond motifs is 1. The van der Waals surface area contributed by atoms with E-state index in [1.807, 2.05) is 25.1 Å². The van der Waals surface area contributed by atoms with Crippen LogP contribution in [0.2, 0.25) is 0 Å². The highest BCUT2D eigenvalue weighted by atomic mass is 16.1. The number of allylic oxidation sites excluding steroid dienone is 2. The maximum absolute atomic E-state index is 12.7. The summed E-state index contributed by atoms with van der Waals surface area (Å²) in [4.78, 5) is 12.7. The first kappa shape index (κ1) is 14.6. The van der Waals surface area contributed by atoms with Crippen molar-refractivity contribution in [2.24, 2.45) is 0 Å². The van der Waals surface area contributed by atoms with E-state index in [1.54, 1.807) is 0 Å². The average Bonchev–Trinajstić information content (AvgIpc) is 2.51. The molecule has 0 fully saturated rings. The van der Waals surface area contributed by atoms with Gasteiger partial charge in [0.1, 0.15) is 0 Å². The number of ketones is 1. The fourth-order valence-electron chi connectivity index (χ4n) is 3.13. The standard InChI is InChI=1S/C20H21NO/c1-13-7-6-8-14(2)19(13)21-15(3)17-12-11-16-9-4-5-10-18(16)20(17)22/h4-10,21H,11-12H2,1-3H3/b17-15+. The van der Waals surface area contributed by atoms with Crippen LogP contribution in [0.1, 0.15) is 40.4 Å². The number of para-hydroxylation sites is 1. The predicted molar refractivity (Wildman–Crippen MR) is 91.3 cm³/mol. The molecule has 0 aliphatic heterocycles. The van der Waals surface area contributed by atoms with Crippen LogP contribution in [0.25, 0.3) is 0 Å². The lowest BCUT2D eigenvalue weighted by Crippen LogP contribution is -2.17. The molecule has 0 atom stereocenters. The van der Waals surface area contributed by atoms with Gasteiger partial charge in [-0.2, -0.15) is 0 Å². The van der Waals surface area contributed by atoms with Gasteiger partial charge in [0.2, 0.25) is 0 Å². The van der Waals surface area contributed by atoms with Gasteiger partial charge in [-0.25, -0.2) is 0 Å². The Hall–Kier alpha value is -2.35. The molecular formula is C20H21NO. The summed E-state index contributed by atoms with van der Waals surface area (Å²) in [5, 5.41) is 3.47. The Morgan fingerprint density at radius 3 is 2.36 bits per heavy atom. The third-order valence-corrected chi connectivity index (χ3v) is 4.43. The molecule has 0 bridgehead atoms. The molecule has 0 heterocycles. The summed E-state index contributed by atoms with van der Waals surface area (Å²) in [7, 11) is 0. The Labute approximate surface area is 131 Å². The smallest absolute Gasteiger partial charge is 0.191 e. The highest BCUT2D eigenvalue weighted by Gasteiger charge is 2.23. The van der Waals surface area contributed by atoms with Crippen molar-refractivity contribution in [1.29, 1.82) is 0 Å². The second-order valence-electron chi connectivity index (χ2n) is 5.98. The van der Waals surface area contributed by atoms with Gasteiger partial charge in [-0.3, -0.25) is 4.79 Å². The van der Waals surface area contributed by atoms with Gasteiger partial charge in [-0.1, -0.05) is 42.5 Å². The largest absolute Gasteiger partial charge is 0.358 e. The molecule has 2 nitrogen and oxygen atoms in total. The molecule has 0 saturated heterocycles. The number of hydrogen-bond acceptors (Lipinski definition) is 2. The fourth-order valence-corrected chi connectivity index (χ4v) is 3.13. The molecule has 0 spiro atoms. The van der Waals surface area contributed by atoms with Crippen molar-refractivity contribution in [2.75, 3.05) is 5.32 Å². The molecule has 22 heavy (non-hydrogen) atoms. The molecule has 2 aromatic rings. The fraction of sp³-hybridized carbons (Fsp3) is 0.250. The minimum Gasteiger partial charge on any atom is -0.358 e. The average molecular weight is 291 g/mol. The molecule has 0 unspecified atom stereocenters. The van der Waals surface area contributed by atoms with Gasteiger partial charge < -0.3 is 5.32 Å². The first-order valence-electron chi connectivity index (χ1n) is 7.73. The molecule has 0 aromatic heterocycles. The molecule has 1 N–H and O–H groups in total. The lowest BCUT2D eigenvalue weighted by molar-refractivity contribution is 0.102. The van der Waals surface area contributed by atoms with Crippen molar-refractivity contribution < 1.29 is 4.79 Å². The zero-order valence-electron chi connectivity index (χ0n) is 13.4. The van der Waals surface area contributed by atoms with Gasteiger partial charge >= 0.3 is 0 Å². The number of carbonyl (C=O) groups excluding carboxylic acids is 1. The predicted octanol–water partition coefficient (Wildman–Crippen LogP) is 4.82. The quantitative estimate of drug-likeness (QED) is 0.804. The molecule has 112 valence electrons. The van der Waals surface area contributed by atoms with Crippen LogP contribution in [-0.4, -0.2) is 5.78 Å². The van der Waals surface area contributed by atoms with E-state index in [0.717, 1.165) is 40.9 Å². The van der Waals surface area contributed by atoms with Crippen molar-refractivity contribution in [3.63, 3.8) is 0 Å². The Morgan fingerprint density at radius 2 is 1.64 bits per heavy atom. The zero-order valence-corrected chi connectivity index (χ0v) is 13.4. The number of benzene rings is 2. The maximum atomic E-state index is 12.7. The topological polar surface area (TPSA) is 29.1 Å². The Kier molecular flexibility index (Phi) is 3.84. The van der Waals surface area contributed by atoms with Crippen molar-refractivity contribution in [1.82, 2.24) is 0 Å². The summed E-state index contributed by atoms with van der Waals surface area (Å²) >= 11 is 0. The second kappa shape index (κ2) is 5.80. The normalized spacial score (nSPS) is 16.2. The summed E-state index contributed by atoms with van der Waals surface area (Å²) in [5.74, 6) is 0.165. The summed E-state index contributed by atoms with van der Waals surface area (Å²) < 4.78 is 0. The number of anilines is 1. The lowest BCUT2D eigenvalue weighted by Gasteiger charge is -2.21. The van der Waals surface area contributed by atoms with Gasteiger partial charge in [0.15, 0.2) is 5.78 Å². The first-order valence-corrected chi connectivity index (χ1v) is 7.73. The van der Waals surface area contributed by atoms with Gasteiger partial charge in [0, 0.05) is 22.5 Å². The van der Waals surface area contributed by atoms with Crippen molar-refractivity contribution in [2.45, 2.75) is 33.6 Å². The summed E-state index contributed by atoms with van der Waals surface area (Å²) in [6, 6.07) is 14.2. The molecule has 1 aliphatic carbocycles. The van der Waals surface area contributed by atoms with Gasteiger partial charge in [-0.15, -0.1) is 0 Å². The van der Waals surface area contributed by atoms with E-state index in [4.69, 9.17) is 0 Å². The van der Waals surface area contributed by atoms with Crippen LogP contribution in [0.15, 0.2) is 53.7 Å². The van der Waals surface area contributed by atoms with Crippen molar-refractivity contribution >= 4 is 11.5 Å². The van der Waals surface area contributed by atoms with Crippen LogP contribution in [0, 0.1) is 13.8 Å². The first-order chi connectivity index (χ1) is 10.6. The van der Waals surface area contributed by atoms with E-state index >= 15 is 0 Å². The second-order valence-corrected chi connectivity index (χ2v) is 5.98. The molecular weight excluding hydrogens is 270 g/mol. The van der Waals surface area contributed by atoms with Crippen molar-refractivity contribution in [3.05, 3.63) is 76.0 Å². The lowest BCUT2D eigenvalue weighted by atomic mass is 9.86. The Balaban J connectivity index is 1.96. The zero-order chi connectivity index (χ0) is 15.7. The number of Topliss-reactive ketones (excluding diaryl/α,β-unsaturated/α-hetero) is 1. The monoisotopic (exact) mass is 291 g/mol. The molecule has 0 saturated carbocycles.